The minimum atomic E-state index is 0.631. The van der Waals surface area contributed by atoms with Crippen LogP contribution in [0, 0.1) is 0 Å². The highest BCUT2D eigenvalue weighted by Crippen LogP contribution is 2.13. The van der Waals surface area contributed by atoms with E-state index in [0.29, 0.717) is 6.54 Å². The van der Waals surface area contributed by atoms with Gasteiger partial charge in [-0.05, 0) is 12.6 Å². The van der Waals surface area contributed by atoms with Crippen LogP contribution in [0.3, 0.4) is 0 Å². The Hall–Kier alpha value is -0.500. The van der Waals surface area contributed by atoms with E-state index in [9.17, 15) is 0 Å². The molecule has 22 heavy (non-hydrogen) atoms. The molecular formula is C20H42N2. The van der Waals surface area contributed by atoms with Crippen LogP contribution < -0.4 is 11.1 Å². The summed E-state index contributed by atoms with van der Waals surface area (Å²) in [6, 6.07) is 0. The maximum atomic E-state index is 5.37. The minimum absolute atomic E-state index is 0.631. The standard InChI is InChI=1S/C20H42N2/c1-2-3-4-5-6-7-8-9-10-11-12-13-14-15-16-19-22-20-17-18-21/h17,20,22H,2-16,18-19,21H2,1H3. The minimum Gasteiger partial charge on any atom is -0.391 e. The van der Waals surface area contributed by atoms with Gasteiger partial charge >= 0.3 is 0 Å². The quantitative estimate of drug-likeness (QED) is 0.308. The normalized spacial score (nSPS) is 11.4. The first kappa shape index (κ1) is 21.5. The van der Waals surface area contributed by atoms with Crippen molar-refractivity contribution in [1.29, 1.82) is 0 Å². The molecule has 0 aliphatic carbocycles. The molecule has 0 bridgehead atoms. The number of nitrogens with two attached hydrogens (primary N) is 1. The molecule has 0 aromatic heterocycles. The summed E-state index contributed by atoms with van der Waals surface area (Å²) in [7, 11) is 0. The van der Waals surface area contributed by atoms with Gasteiger partial charge in [-0.1, -0.05) is 103 Å². The molecule has 0 aromatic rings. The van der Waals surface area contributed by atoms with Gasteiger partial charge in [-0.15, -0.1) is 0 Å². The van der Waals surface area contributed by atoms with E-state index in [1.807, 2.05) is 12.3 Å². The maximum absolute atomic E-state index is 5.37. The molecule has 0 aromatic carbocycles. The molecule has 2 nitrogen and oxygen atoms in total. The zero-order valence-electron chi connectivity index (χ0n) is 15.3. The molecule has 0 amide bonds. The van der Waals surface area contributed by atoms with E-state index in [-0.39, 0.29) is 0 Å². The summed E-state index contributed by atoms with van der Waals surface area (Å²) in [6.07, 6.45) is 25.3. The van der Waals surface area contributed by atoms with E-state index < -0.39 is 0 Å². The Morgan fingerprint density at radius 2 is 1.05 bits per heavy atom. The van der Waals surface area contributed by atoms with Gasteiger partial charge in [-0.3, -0.25) is 0 Å². The van der Waals surface area contributed by atoms with Crippen LogP contribution in [-0.4, -0.2) is 13.1 Å². The lowest BCUT2D eigenvalue weighted by molar-refractivity contribution is 0.531. The van der Waals surface area contributed by atoms with Crippen molar-refractivity contribution in [1.82, 2.24) is 5.32 Å². The van der Waals surface area contributed by atoms with Crippen molar-refractivity contribution in [2.24, 2.45) is 5.73 Å². The van der Waals surface area contributed by atoms with Gasteiger partial charge in [0.1, 0.15) is 0 Å². The zero-order valence-corrected chi connectivity index (χ0v) is 15.3. The molecule has 0 aliphatic heterocycles. The smallest absolute Gasteiger partial charge is 0.0141 e. The maximum Gasteiger partial charge on any atom is 0.0141 e. The third-order valence-corrected chi connectivity index (χ3v) is 4.30. The van der Waals surface area contributed by atoms with Crippen LogP contribution in [0.5, 0.6) is 0 Å². The summed E-state index contributed by atoms with van der Waals surface area (Å²) in [6.45, 7) is 4.01. The van der Waals surface area contributed by atoms with Gasteiger partial charge in [0.05, 0.1) is 0 Å². The van der Waals surface area contributed by atoms with Crippen molar-refractivity contribution in [3.8, 4) is 0 Å². The highest BCUT2D eigenvalue weighted by molar-refractivity contribution is 4.79. The fourth-order valence-corrected chi connectivity index (χ4v) is 2.83. The molecule has 0 saturated carbocycles. The molecule has 0 aliphatic rings. The first-order chi connectivity index (χ1) is 10.9. The van der Waals surface area contributed by atoms with Crippen LogP contribution in [-0.2, 0) is 0 Å². The van der Waals surface area contributed by atoms with Gasteiger partial charge in [0.25, 0.3) is 0 Å². The van der Waals surface area contributed by atoms with Crippen LogP contribution >= 0.6 is 0 Å². The molecule has 0 rings (SSSR count). The monoisotopic (exact) mass is 310 g/mol. The Bertz CT molecular complexity index is 214. The van der Waals surface area contributed by atoms with Gasteiger partial charge in [-0.2, -0.15) is 0 Å². The molecule has 0 spiro atoms. The third-order valence-electron chi connectivity index (χ3n) is 4.30. The summed E-state index contributed by atoms with van der Waals surface area (Å²) in [4.78, 5) is 0. The molecule has 3 N–H and O–H groups in total. The number of unbranched alkanes of at least 4 members (excludes halogenated alkanes) is 14. The van der Waals surface area contributed by atoms with Crippen molar-refractivity contribution in [2.45, 2.75) is 103 Å². The summed E-state index contributed by atoms with van der Waals surface area (Å²) in [5.74, 6) is 0. The number of hydrogen-bond donors (Lipinski definition) is 2. The van der Waals surface area contributed by atoms with E-state index in [1.165, 1.54) is 96.3 Å². The Morgan fingerprint density at radius 1 is 0.636 bits per heavy atom. The summed E-state index contributed by atoms with van der Waals surface area (Å²) < 4.78 is 0. The molecule has 0 radical (unpaired) electrons. The van der Waals surface area contributed by atoms with Crippen molar-refractivity contribution in [3.63, 3.8) is 0 Å². The fraction of sp³-hybridized carbons (Fsp3) is 0.900. The summed E-state index contributed by atoms with van der Waals surface area (Å²) >= 11 is 0. The van der Waals surface area contributed by atoms with E-state index in [0.717, 1.165) is 6.54 Å². The lowest BCUT2D eigenvalue weighted by Crippen LogP contribution is -2.07. The molecule has 0 saturated heterocycles. The van der Waals surface area contributed by atoms with Crippen molar-refractivity contribution >= 4 is 0 Å². The van der Waals surface area contributed by atoms with Gasteiger partial charge in [0.15, 0.2) is 0 Å². The largest absolute Gasteiger partial charge is 0.391 e. The highest BCUT2D eigenvalue weighted by Gasteiger charge is 1.94. The van der Waals surface area contributed by atoms with Crippen LogP contribution in [0.15, 0.2) is 12.3 Å². The van der Waals surface area contributed by atoms with Gasteiger partial charge < -0.3 is 11.1 Å². The Balaban J connectivity index is 2.95. The molecular weight excluding hydrogens is 268 g/mol. The lowest BCUT2D eigenvalue weighted by atomic mass is 10.0. The molecule has 132 valence electrons. The Labute approximate surface area is 140 Å². The molecule has 0 unspecified atom stereocenters. The topological polar surface area (TPSA) is 38.0 Å². The van der Waals surface area contributed by atoms with Crippen LogP contribution in [0.1, 0.15) is 103 Å². The van der Waals surface area contributed by atoms with E-state index in [1.54, 1.807) is 0 Å². The van der Waals surface area contributed by atoms with Crippen LogP contribution in [0.25, 0.3) is 0 Å². The fourth-order valence-electron chi connectivity index (χ4n) is 2.83. The van der Waals surface area contributed by atoms with Crippen LogP contribution in [0.4, 0.5) is 0 Å². The van der Waals surface area contributed by atoms with E-state index in [4.69, 9.17) is 5.73 Å². The summed E-state index contributed by atoms with van der Waals surface area (Å²) in [5.41, 5.74) is 5.37. The van der Waals surface area contributed by atoms with E-state index in [2.05, 4.69) is 12.2 Å². The predicted octanol–water partition coefficient (Wildman–Crippen LogP) is 5.92. The van der Waals surface area contributed by atoms with E-state index >= 15 is 0 Å². The number of hydrogen-bond acceptors (Lipinski definition) is 2. The highest BCUT2D eigenvalue weighted by atomic mass is 14.8. The van der Waals surface area contributed by atoms with Gasteiger partial charge in [0.2, 0.25) is 0 Å². The second-order valence-corrected chi connectivity index (χ2v) is 6.54. The van der Waals surface area contributed by atoms with Crippen molar-refractivity contribution < 1.29 is 0 Å². The van der Waals surface area contributed by atoms with Crippen molar-refractivity contribution in [3.05, 3.63) is 12.3 Å². The SMILES string of the molecule is CCCCCCCCCCCCCCCCCNC=CCN. The molecule has 0 atom stereocenters. The number of nitrogens with one attached hydrogen (secondary N) is 1. The second kappa shape index (κ2) is 20.5. The first-order valence-electron chi connectivity index (χ1n) is 10.00. The average Bonchev–Trinajstić information content (AvgIpc) is 2.54. The predicted molar refractivity (Wildman–Crippen MR) is 101 cm³/mol. The zero-order chi connectivity index (χ0) is 16.1. The molecule has 2 heteroatoms. The van der Waals surface area contributed by atoms with Crippen LogP contribution in [0.2, 0.25) is 0 Å². The average molecular weight is 311 g/mol. The first-order valence-corrected chi connectivity index (χ1v) is 10.00. The number of rotatable bonds is 18. The Kier molecular flexibility index (Phi) is 20.0. The lowest BCUT2D eigenvalue weighted by Gasteiger charge is -2.03. The molecule has 0 fully saturated rings. The Morgan fingerprint density at radius 3 is 1.45 bits per heavy atom. The second-order valence-electron chi connectivity index (χ2n) is 6.54. The van der Waals surface area contributed by atoms with Gasteiger partial charge in [-0.25, -0.2) is 0 Å². The third kappa shape index (κ3) is 19.5. The summed E-state index contributed by atoms with van der Waals surface area (Å²) in [5, 5.41) is 3.27. The van der Waals surface area contributed by atoms with Gasteiger partial charge in [0, 0.05) is 13.1 Å². The molecule has 0 heterocycles. The van der Waals surface area contributed by atoms with Crippen molar-refractivity contribution in [2.75, 3.05) is 13.1 Å².